The van der Waals surface area contributed by atoms with Gasteiger partial charge in [-0.2, -0.15) is 0 Å². The number of fused-ring (bicyclic) bond motifs is 2. The van der Waals surface area contributed by atoms with Gasteiger partial charge in [-0.15, -0.1) is 0 Å². The minimum Gasteiger partial charge on any atom is -0.457 e. The molecule has 2 N–H and O–H groups in total. The van der Waals surface area contributed by atoms with Crippen LogP contribution in [0.5, 0.6) is 0 Å². The molecule has 7 nitrogen and oxygen atoms in total. The maximum Gasteiger partial charge on any atom is 0.343 e. The molecule has 0 spiro atoms. The lowest BCUT2D eigenvalue weighted by Crippen LogP contribution is -2.55. The monoisotopic (exact) mass is 466 g/mol. The molecule has 33 heavy (non-hydrogen) atoms. The van der Waals surface area contributed by atoms with Gasteiger partial charge in [0.05, 0.1) is 11.1 Å². The first-order valence-electron chi connectivity index (χ1n) is 10.3. The molecule has 1 aliphatic heterocycles. The SMILES string of the molecule is CC(C)(C)OC(=O)/C=C/c1cccc2c1C(=O)NC(C)(c1cc3cc(Cl)ccc3oc1=O)N2. The molecule has 0 radical (unpaired) electrons. The Labute approximate surface area is 195 Å². The molecule has 2 heterocycles. The van der Waals surface area contributed by atoms with Crippen molar-refractivity contribution in [3.63, 3.8) is 0 Å². The van der Waals surface area contributed by atoms with Crippen LogP contribution in [-0.2, 0) is 15.2 Å². The van der Waals surface area contributed by atoms with Crippen LogP contribution in [0.2, 0.25) is 5.02 Å². The summed E-state index contributed by atoms with van der Waals surface area (Å²) in [5.74, 6) is -0.914. The highest BCUT2D eigenvalue weighted by atomic mass is 35.5. The number of nitrogens with one attached hydrogen (secondary N) is 2. The van der Waals surface area contributed by atoms with Crippen molar-refractivity contribution in [3.05, 3.63) is 80.7 Å². The van der Waals surface area contributed by atoms with E-state index in [1.807, 2.05) is 0 Å². The van der Waals surface area contributed by atoms with E-state index in [-0.39, 0.29) is 5.56 Å². The van der Waals surface area contributed by atoms with Gasteiger partial charge in [-0.05, 0) is 69.7 Å². The first-order valence-corrected chi connectivity index (χ1v) is 10.7. The number of esters is 1. The number of hydrogen-bond acceptors (Lipinski definition) is 6. The molecule has 1 amide bonds. The fourth-order valence-corrected chi connectivity index (χ4v) is 3.91. The fourth-order valence-electron chi connectivity index (χ4n) is 3.73. The van der Waals surface area contributed by atoms with Crippen molar-refractivity contribution >= 4 is 46.2 Å². The smallest absolute Gasteiger partial charge is 0.343 e. The first kappa shape index (κ1) is 22.6. The van der Waals surface area contributed by atoms with Gasteiger partial charge in [0.25, 0.3) is 5.91 Å². The summed E-state index contributed by atoms with van der Waals surface area (Å²) in [5, 5.41) is 7.22. The number of ether oxygens (including phenoxy) is 1. The van der Waals surface area contributed by atoms with Gasteiger partial charge in [0.15, 0.2) is 0 Å². The van der Waals surface area contributed by atoms with Gasteiger partial charge in [-0.3, -0.25) is 4.79 Å². The van der Waals surface area contributed by atoms with Gasteiger partial charge in [-0.25, -0.2) is 9.59 Å². The highest BCUT2D eigenvalue weighted by Crippen LogP contribution is 2.33. The molecule has 0 fully saturated rings. The minimum absolute atomic E-state index is 0.228. The van der Waals surface area contributed by atoms with Crippen molar-refractivity contribution in [2.45, 2.75) is 39.0 Å². The van der Waals surface area contributed by atoms with Crippen LogP contribution in [0.25, 0.3) is 17.0 Å². The topological polar surface area (TPSA) is 97.6 Å². The van der Waals surface area contributed by atoms with Gasteiger partial charge < -0.3 is 19.8 Å². The number of carbonyl (C=O) groups is 2. The van der Waals surface area contributed by atoms with Crippen LogP contribution in [0.15, 0.2) is 57.8 Å². The molecule has 1 atom stereocenters. The molecule has 1 unspecified atom stereocenters. The Morgan fingerprint density at radius 3 is 2.61 bits per heavy atom. The van der Waals surface area contributed by atoms with Crippen molar-refractivity contribution in [2.75, 3.05) is 5.32 Å². The maximum atomic E-state index is 13.1. The second-order valence-corrected chi connectivity index (χ2v) is 9.41. The summed E-state index contributed by atoms with van der Waals surface area (Å²) in [4.78, 5) is 37.9. The fraction of sp³-hybridized carbons (Fsp3) is 0.240. The van der Waals surface area contributed by atoms with Crippen LogP contribution in [0.1, 0.15) is 49.2 Å². The average Bonchev–Trinajstić information content (AvgIpc) is 2.70. The highest BCUT2D eigenvalue weighted by Gasteiger charge is 2.38. The zero-order valence-corrected chi connectivity index (χ0v) is 19.4. The Balaban J connectivity index is 1.71. The lowest BCUT2D eigenvalue weighted by atomic mass is 9.94. The highest BCUT2D eigenvalue weighted by molar-refractivity contribution is 6.31. The molecule has 170 valence electrons. The molecule has 0 saturated carbocycles. The van der Waals surface area contributed by atoms with E-state index in [2.05, 4.69) is 10.6 Å². The van der Waals surface area contributed by atoms with E-state index < -0.39 is 28.8 Å². The number of carbonyl (C=O) groups excluding carboxylic acids is 2. The summed E-state index contributed by atoms with van der Waals surface area (Å²) in [7, 11) is 0. The maximum absolute atomic E-state index is 13.1. The molecule has 1 aromatic heterocycles. The zero-order valence-electron chi connectivity index (χ0n) is 18.6. The van der Waals surface area contributed by atoms with Crippen LogP contribution in [-0.4, -0.2) is 17.5 Å². The third-order valence-corrected chi connectivity index (χ3v) is 5.35. The zero-order chi connectivity index (χ0) is 24.0. The van der Waals surface area contributed by atoms with Crippen LogP contribution in [0.3, 0.4) is 0 Å². The lowest BCUT2D eigenvalue weighted by molar-refractivity contribution is -0.148. The van der Waals surface area contributed by atoms with E-state index in [0.29, 0.717) is 32.8 Å². The van der Waals surface area contributed by atoms with Crippen LogP contribution >= 0.6 is 11.6 Å². The summed E-state index contributed by atoms with van der Waals surface area (Å²) in [6, 6.07) is 11.8. The summed E-state index contributed by atoms with van der Waals surface area (Å²) < 4.78 is 10.7. The standard InChI is InChI=1S/C25H23ClN2O5/c1-24(2,3)33-20(29)11-8-14-6-5-7-18-21(14)22(30)28-25(4,27-18)17-13-15-12-16(26)9-10-19(15)32-23(17)31/h5-13,27H,1-4H3,(H,28,30)/b11-8+. The molecule has 4 rings (SSSR count). The summed E-state index contributed by atoms with van der Waals surface area (Å²) >= 11 is 6.08. The van der Waals surface area contributed by atoms with Gasteiger partial charge in [0.2, 0.25) is 0 Å². The normalized spacial score (nSPS) is 18.0. The van der Waals surface area contributed by atoms with Crippen molar-refractivity contribution in [3.8, 4) is 0 Å². The van der Waals surface area contributed by atoms with E-state index in [1.165, 1.54) is 12.2 Å². The lowest BCUT2D eigenvalue weighted by Gasteiger charge is -2.37. The quantitative estimate of drug-likeness (QED) is 0.326. The molecular weight excluding hydrogens is 444 g/mol. The summed E-state index contributed by atoms with van der Waals surface area (Å²) in [5.41, 5.74) is -0.411. The molecule has 3 aromatic rings. The first-order chi connectivity index (χ1) is 15.4. The molecule has 2 aromatic carbocycles. The minimum atomic E-state index is -1.23. The van der Waals surface area contributed by atoms with E-state index in [0.717, 1.165) is 0 Å². The number of rotatable bonds is 3. The molecule has 0 bridgehead atoms. The van der Waals surface area contributed by atoms with E-state index in [1.54, 1.807) is 70.2 Å². The molecule has 1 aliphatic rings. The number of anilines is 1. The largest absolute Gasteiger partial charge is 0.457 e. The van der Waals surface area contributed by atoms with Crippen molar-refractivity contribution < 1.29 is 18.7 Å². The Hall–Kier alpha value is -3.58. The van der Waals surface area contributed by atoms with Crippen molar-refractivity contribution in [1.82, 2.24) is 5.32 Å². The third kappa shape index (κ3) is 4.64. The van der Waals surface area contributed by atoms with Crippen molar-refractivity contribution in [2.24, 2.45) is 0 Å². The second-order valence-electron chi connectivity index (χ2n) is 8.97. The number of benzene rings is 2. The van der Waals surface area contributed by atoms with Crippen LogP contribution in [0.4, 0.5) is 5.69 Å². The van der Waals surface area contributed by atoms with E-state index in [9.17, 15) is 14.4 Å². The Bertz CT molecular complexity index is 1370. The molecule has 0 saturated heterocycles. The second kappa shape index (κ2) is 8.08. The molecular formula is C25H23ClN2O5. The van der Waals surface area contributed by atoms with Crippen LogP contribution in [0, 0.1) is 0 Å². The van der Waals surface area contributed by atoms with E-state index >= 15 is 0 Å². The van der Waals surface area contributed by atoms with Gasteiger partial charge >= 0.3 is 11.6 Å². The third-order valence-electron chi connectivity index (χ3n) is 5.11. The molecule has 8 heteroatoms. The van der Waals surface area contributed by atoms with Gasteiger partial charge in [0.1, 0.15) is 16.8 Å². The van der Waals surface area contributed by atoms with Gasteiger partial charge in [-0.1, -0.05) is 23.7 Å². The Kier molecular flexibility index (Phi) is 5.54. The predicted octanol–water partition coefficient (Wildman–Crippen LogP) is 4.83. The van der Waals surface area contributed by atoms with Crippen LogP contribution < -0.4 is 16.3 Å². The number of hydrogen-bond donors (Lipinski definition) is 2. The molecule has 0 aliphatic carbocycles. The summed E-state index contributed by atoms with van der Waals surface area (Å²) in [6.45, 7) is 7.01. The average molecular weight is 467 g/mol. The van der Waals surface area contributed by atoms with Gasteiger partial charge in [0, 0.05) is 22.2 Å². The Morgan fingerprint density at radius 2 is 1.88 bits per heavy atom. The number of amides is 1. The van der Waals surface area contributed by atoms with Crippen molar-refractivity contribution in [1.29, 1.82) is 0 Å². The predicted molar refractivity (Wildman–Crippen MR) is 127 cm³/mol. The van der Waals surface area contributed by atoms with E-state index in [4.69, 9.17) is 20.8 Å². The Morgan fingerprint density at radius 1 is 1.12 bits per heavy atom. The summed E-state index contributed by atoms with van der Waals surface area (Å²) in [6.07, 6.45) is 2.81. The number of halogens is 1.